The number of nitro groups is 1. The minimum atomic E-state index is -0.429. The van der Waals surface area contributed by atoms with Crippen LogP contribution in [0, 0.1) is 10.1 Å². The molecule has 5 nitrogen and oxygen atoms in total. The monoisotopic (exact) mass is 220 g/mol. The normalized spacial score (nSPS) is 16.6. The molecule has 0 aromatic heterocycles. The molecule has 0 aliphatic heterocycles. The van der Waals surface area contributed by atoms with E-state index in [2.05, 4.69) is 5.32 Å². The van der Waals surface area contributed by atoms with Gasteiger partial charge in [-0.1, -0.05) is 0 Å². The van der Waals surface area contributed by atoms with Gasteiger partial charge in [0, 0.05) is 19.1 Å². The van der Waals surface area contributed by atoms with Crippen molar-refractivity contribution in [1.29, 1.82) is 0 Å². The van der Waals surface area contributed by atoms with Crippen molar-refractivity contribution in [3.63, 3.8) is 0 Å². The van der Waals surface area contributed by atoms with Crippen molar-refractivity contribution in [3.8, 4) is 0 Å². The molecule has 0 spiro atoms. The molecule has 0 unspecified atom stereocenters. The van der Waals surface area contributed by atoms with Gasteiger partial charge in [-0.05, 0) is 30.5 Å². The van der Waals surface area contributed by atoms with E-state index < -0.39 is 4.92 Å². The standard InChI is InChI=1S/C11H12N2O3/c1-8(14)12-11(6-7-11)9-2-4-10(5-3-9)13(15)16/h2-5H,6-7H2,1H3,(H,12,14). The summed E-state index contributed by atoms with van der Waals surface area (Å²) in [5.74, 6) is -0.0733. The van der Waals surface area contributed by atoms with E-state index in [-0.39, 0.29) is 17.1 Å². The Morgan fingerprint density at radius 2 is 1.94 bits per heavy atom. The van der Waals surface area contributed by atoms with Crippen LogP contribution in [0.1, 0.15) is 25.3 Å². The first-order valence-electron chi connectivity index (χ1n) is 5.07. The maximum absolute atomic E-state index is 11.0. The van der Waals surface area contributed by atoms with Gasteiger partial charge in [-0.2, -0.15) is 0 Å². The smallest absolute Gasteiger partial charge is 0.269 e. The molecule has 1 aromatic rings. The number of hydrogen-bond acceptors (Lipinski definition) is 3. The minimum absolute atomic E-state index is 0.0716. The summed E-state index contributed by atoms with van der Waals surface area (Å²) in [6.45, 7) is 1.48. The molecule has 1 saturated carbocycles. The lowest BCUT2D eigenvalue weighted by Gasteiger charge is -2.16. The number of rotatable bonds is 3. The lowest BCUT2D eigenvalue weighted by molar-refractivity contribution is -0.384. The fraction of sp³-hybridized carbons (Fsp3) is 0.364. The molecule has 1 fully saturated rings. The third-order valence-corrected chi connectivity index (χ3v) is 2.80. The predicted octanol–water partition coefficient (Wildman–Crippen LogP) is 1.72. The molecule has 2 rings (SSSR count). The Balaban J connectivity index is 2.22. The van der Waals surface area contributed by atoms with Gasteiger partial charge in [-0.25, -0.2) is 0 Å². The van der Waals surface area contributed by atoms with Crippen LogP contribution in [0.5, 0.6) is 0 Å². The van der Waals surface area contributed by atoms with E-state index in [4.69, 9.17) is 0 Å². The van der Waals surface area contributed by atoms with E-state index in [1.807, 2.05) is 0 Å². The van der Waals surface area contributed by atoms with E-state index in [9.17, 15) is 14.9 Å². The van der Waals surface area contributed by atoms with Gasteiger partial charge in [-0.3, -0.25) is 14.9 Å². The summed E-state index contributed by atoms with van der Waals surface area (Å²) in [5, 5.41) is 13.4. The van der Waals surface area contributed by atoms with E-state index in [1.54, 1.807) is 12.1 Å². The van der Waals surface area contributed by atoms with Crippen molar-refractivity contribution < 1.29 is 9.72 Å². The van der Waals surface area contributed by atoms with Crippen molar-refractivity contribution in [2.24, 2.45) is 0 Å². The first-order valence-corrected chi connectivity index (χ1v) is 5.07. The fourth-order valence-electron chi connectivity index (χ4n) is 1.85. The Morgan fingerprint density at radius 3 is 2.31 bits per heavy atom. The lowest BCUT2D eigenvalue weighted by Crippen LogP contribution is -2.32. The number of non-ortho nitro benzene ring substituents is 1. The second-order valence-electron chi connectivity index (χ2n) is 4.07. The second-order valence-corrected chi connectivity index (χ2v) is 4.07. The number of nitrogens with one attached hydrogen (secondary N) is 1. The minimum Gasteiger partial charge on any atom is -0.347 e. The molecular formula is C11H12N2O3. The highest BCUT2D eigenvalue weighted by atomic mass is 16.6. The van der Waals surface area contributed by atoms with Crippen LogP contribution < -0.4 is 5.32 Å². The second kappa shape index (κ2) is 3.59. The summed E-state index contributed by atoms with van der Waals surface area (Å²) < 4.78 is 0. The average molecular weight is 220 g/mol. The van der Waals surface area contributed by atoms with Crippen LogP contribution >= 0.6 is 0 Å². The summed E-state index contributed by atoms with van der Waals surface area (Å²) in [4.78, 5) is 21.1. The van der Waals surface area contributed by atoms with Gasteiger partial charge in [0.15, 0.2) is 0 Å². The third-order valence-electron chi connectivity index (χ3n) is 2.80. The highest BCUT2D eigenvalue weighted by Gasteiger charge is 2.45. The molecule has 0 saturated heterocycles. The van der Waals surface area contributed by atoms with Gasteiger partial charge < -0.3 is 5.32 Å². The van der Waals surface area contributed by atoms with E-state index in [1.165, 1.54) is 19.1 Å². The molecule has 1 N–H and O–H groups in total. The zero-order valence-electron chi connectivity index (χ0n) is 8.90. The van der Waals surface area contributed by atoms with Crippen LogP contribution in [-0.2, 0) is 10.3 Å². The van der Waals surface area contributed by atoms with Crippen molar-refractivity contribution in [1.82, 2.24) is 5.32 Å². The van der Waals surface area contributed by atoms with Crippen molar-refractivity contribution in [2.45, 2.75) is 25.3 Å². The zero-order chi connectivity index (χ0) is 11.8. The molecule has 0 radical (unpaired) electrons. The molecule has 1 aliphatic rings. The van der Waals surface area contributed by atoms with Gasteiger partial charge in [0.1, 0.15) is 0 Å². The first-order chi connectivity index (χ1) is 7.53. The lowest BCUT2D eigenvalue weighted by atomic mass is 10.0. The van der Waals surface area contributed by atoms with E-state index in [0.29, 0.717) is 0 Å². The Labute approximate surface area is 92.6 Å². The number of nitrogens with zero attached hydrogens (tertiary/aromatic N) is 1. The van der Waals surface area contributed by atoms with Gasteiger partial charge in [0.05, 0.1) is 10.5 Å². The Bertz CT molecular complexity index is 435. The highest BCUT2D eigenvalue weighted by Crippen LogP contribution is 2.45. The number of nitro benzene ring substituents is 1. The van der Waals surface area contributed by atoms with Gasteiger partial charge in [0.25, 0.3) is 5.69 Å². The van der Waals surface area contributed by atoms with Crippen LogP contribution in [0.4, 0.5) is 5.69 Å². The maximum Gasteiger partial charge on any atom is 0.269 e. The SMILES string of the molecule is CC(=O)NC1(c2ccc([N+](=O)[O-])cc2)CC1. The van der Waals surface area contributed by atoms with Crippen molar-refractivity contribution in [2.75, 3.05) is 0 Å². The van der Waals surface area contributed by atoms with Crippen LogP contribution in [0.15, 0.2) is 24.3 Å². The molecule has 1 aliphatic carbocycles. The maximum atomic E-state index is 11.0. The summed E-state index contributed by atoms with van der Waals surface area (Å²) in [6.07, 6.45) is 1.79. The number of benzene rings is 1. The van der Waals surface area contributed by atoms with Crippen molar-refractivity contribution >= 4 is 11.6 Å². The molecule has 84 valence electrons. The topological polar surface area (TPSA) is 72.2 Å². The van der Waals surface area contributed by atoms with Gasteiger partial charge >= 0.3 is 0 Å². The quantitative estimate of drug-likeness (QED) is 0.622. The van der Waals surface area contributed by atoms with E-state index in [0.717, 1.165) is 18.4 Å². The highest BCUT2D eigenvalue weighted by molar-refractivity contribution is 5.74. The van der Waals surface area contributed by atoms with Crippen LogP contribution in [0.3, 0.4) is 0 Å². The number of carbonyl (C=O) groups is 1. The molecule has 5 heteroatoms. The van der Waals surface area contributed by atoms with Crippen LogP contribution in [-0.4, -0.2) is 10.8 Å². The number of amides is 1. The van der Waals surface area contributed by atoms with E-state index >= 15 is 0 Å². The molecule has 0 bridgehead atoms. The zero-order valence-corrected chi connectivity index (χ0v) is 8.90. The molecule has 1 amide bonds. The summed E-state index contributed by atoms with van der Waals surface area (Å²) >= 11 is 0. The fourth-order valence-corrected chi connectivity index (χ4v) is 1.85. The Morgan fingerprint density at radius 1 is 1.38 bits per heavy atom. The molecule has 0 atom stereocenters. The summed E-state index contributed by atoms with van der Waals surface area (Å²) in [6, 6.07) is 6.36. The van der Waals surface area contributed by atoms with Crippen molar-refractivity contribution in [3.05, 3.63) is 39.9 Å². The number of hydrogen-bond donors (Lipinski definition) is 1. The van der Waals surface area contributed by atoms with Gasteiger partial charge in [-0.15, -0.1) is 0 Å². The molecular weight excluding hydrogens is 208 g/mol. The third kappa shape index (κ3) is 1.88. The summed E-state index contributed by atoms with van der Waals surface area (Å²) in [5.41, 5.74) is 0.733. The summed E-state index contributed by atoms with van der Waals surface area (Å²) in [7, 11) is 0. The Hall–Kier alpha value is -1.91. The average Bonchev–Trinajstić information content (AvgIpc) is 2.98. The molecule has 16 heavy (non-hydrogen) atoms. The predicted molar refractivity (Wildman–Crippen MR) is 57.8 cm³/mol. The first kappa shape index (κ1) is 10.6. The largest absolute Gasteiger partial charge is 0.347 e. The number of carbonyl (C=O) groups excluding carboxylic acids is 1. The molecule has 1 aromatic carbocycles. The van der Waals surface area contributed by atoms with Crippen LogP contribution in [0.2, 0.25) is 0 Å². The van der Waals surface area contributed by atoms with Gasteiger partial charge in [0.2, 0.25) is 5.91 Å². The molecule has 0 heterocycles. The van der Waals surface area contributed by atoms with Crippen LogP contribution in [0.25, 0.3) is 0 Å². The Kier molecular flexibility index (Phi) is 2.38.